The first-order valence-corrected chi connectivity index (χ1v) is 13.0. The summed E-state index contributed by atoms with van der Waals surface area (Å²) in [5.74, 6) is -0.395. The molecule has 2 heterocycles. The van der Waals surface area contributed by atoms with E-state index in [0.29, 0.717) is 37.3 Å². The molecular formula is C25H31N3O4S. The van der Waals surface area contributed by atoms with Gasteiger partial charge in [0.15, 0.2) is 0 Å². The van der Waals surface area contributed by atoms with Crippen LogP contribution in [0.4, 0.5) is 5.69 Å². The summed E-state index contributed by atoms with van der Waals surface area (Å²) in [5, 5.41) is 2.96. The van der Waals surface area contributed by atoms with Crippen molar-refractivity contribution in [3.05, 3.63) is 59.2 Å². The fourth-order valence-electron chi connectivity index (χ4n) is 4.64. The van der Waals surface area contributed by atoms with Crippen molar-refractivity contribution >= 4 is 27.5 Å². The number of carbonyl (C=O) groups excluding carboxylic acids is 2. The maximum absolute atomic E-state index is 13.1. The molecule has 2 amide bonds. The predicted octanol–water partition coefficient (Wildman–Crippen LogP) is 3.15. The average Bonchev–Trinajstić information content (AvgIpc) is 3.22. The molecule has 7 nitrogen and oxygen atoms in total. The predicted molar refractivity (Wildman–Crippen MR) is 127 cm³/mol. The van der Waals surface area contributed by atoms with Crippen molar-refractivity contribution in [1.29, 1.82) is 0 Å². The monoisotopic (exact) mass is 469 g/mol. The lowest BCUT2D eigenvalue weighted by Gasteiger charge is -2.26. The van der Waals surface area contributed by atoms with Crippen molar-refractivity contribution in [2.24, 2.45) is 0 Å². The van der Waals surface area contributed by atoms with Crippen LogP contribution in [0, 0.1) is 6.92 Å². The van der Waals surface area contributed by atoms with Crippen LogP contribution in [0.5, 0.6) is 0 Å². The number of sulfonamides is 1. The first-order valence-electron chi connectivity index (χ1n) is 11.6. The van der Waals surface area contributed by atoms with Crippen molar-refractivity contribution in [1.82, 2.24) is 9.62 Å². The van der Waals surface area contributed by atoms with Gasteiger partial charge >= 0.3 is 0 Å². The van der Waals surface area contributed by atoms with Gasteiger partial charge in [0, 0.05) is 38.2 Å². The first kappa shape index (κ1) is 23.4. The van der Waals surface area contributed by atoms with Gasteiger partial charge in [0.1, 0.15) is 6.04 Å². The average molecular weight is 470 g/mol. The number of aryl methyl sites for hydroxylation is 1. The van der Waals surface area contributed by atoms with E-state index in [1.54, 1.807) is 25.1 Å². The maximum Gasteiger partial charge on any atom is 0.243 e. The number of piperidine rings is 1. The third-order valence-corrected chi connectivity index (χ3v) is 8.47. The van der Waals surface area contributed by atoms with Gasteiger partial charge in [-0.05, 0) is 54.7 Å². The molecule has 1 N–H and O–H groups in total. The van der Waals surface area contributed by atoms with E-state index in [9.17, 15) is 18.0 Å². The number of rotatable bonds is 6. The Kier molecular flexibility index (Phi) is 6.86. The molecular weight excluding hydrogens is 438 g/mol. The zero-order valence-electron chi connectivity index (χ0n) is 19.2. The summed E-state index contributed by atoms with van der Waals surface area (Å²) in [5.41, 5.74) is 3.44. The SMILES string of the molecule is CCC(=O)N1c2ccc(S(=O)(=O)N3CCCCC3)cc2C[C@H]1C(=O)NCc1ccccc1C. The molecule has 0 aliphatic carbocycles. The summed E-state index contributed by atoms with van der Waals surface area (Å²) >= 11 is 0. The minimum absolute atomic E-state index is 0.156. The van der Waals surface area contributed by atoms with E-state index in [0.717, 1.165) is 30.4 Å². The van der Waals surface area contributed by atoms with Crippen LogP contribution >= 0.6 is 0 Å². The van der Waals surface area contributed by atoms with Gasteiger partial charge in [0.2, 0.25) is 21.8 Å². The number of benzene rings is 2. The fourth-order valence-corrected chi connectivity index (χ4v) is 6.21. The Balaban J connectivity index is 1.58. The zero-order valence-corrected chi connectivity index (χ0v) is 20.0. The van der Waals surface area contributed by atoms with Gasteiger partial charge in [-0.25, -0.2) is 8.42 Å². The van der Waals surface area contributed by atoms with E-state index >= 15 is 0 Å². The second-order valence-corrected chi connectivity index (χ2v) is 10.7. The van der Waals surface area contributed by atoms with Crippen LogP contribution in [0.25, 0.3) is 0 Å². The lowest BCUT2D eigenvalue weighted by atomic mass is 10.1. The molecule has 1 saturated heterocycles. The third-order valence-electron chi connectivity index (χ3n) is 6.58. The normalized spacial score (nSPS) is 18.7. The van der Waals surface area contributed by atoms with E-state index in [1.165, 1.54) is 9.21 Å². The highest BCUT2D eigenvalue weighted by molar-refractivity contribution is 7.89. The third kappa shape index (κ3) is 4.68. The largest absolute Gasteiger partial charge is 0.350 e. The molecule has 4 rings (SSSR count). The van der Waals surface area contributed by atoms with Crippen molar-refractivity contribution < 1.29 is 18.0 Å². The van der Waals surface area contributed by atoms with Crippen LogP contribution in [0.15, 0.2) is 47.4 Å². The molecule has 2 aromatic rings. The lowest BCUT2D eigenvalue weighted by molar-refractivity contribution is -0.126. The van der Waals surface area contributed by atoms with Crippen molar-refractivity contribution in [3.63, 3.8) is 0 Å². The molecule has 176 valence electrons. The highest BCUT2D eigenvalue weighted by Crippen LogP contribution is 2.35. The highest BCUT2D eigenvalue weighted by atomic mass is 32.2. The van der Waals surface area contributed by atoms with Gasteiger partial charge in [0.25, 0.3) is 0 Å². The number of nitrogens with zero attached hydrogens (tertiary/aromatic N) is 2. The minimum atomic E-state index is -3.59. The van der Waals surface area contributed by atoms with Gasteiger partial charge in [-0.2, -0.15) is 4.31 Å². The molecule has 1 fully saturated rings. The number of hydrogen-bond donors (Lipinski definition) is 1. The number of nitrogens with one attached hydrogen (secondary N) is 1. The van der Waals surface area contributed by atoms with E-state index in [-0.39, 0.29) is 23.1 Å². The van der Waals surface area contributed by atoms with Gasteiger partial charge in [-0.15, -0.1) is 0 Å². The highest BCUT2D eigenvalue weighted by Gasteiger charge is 2.38. The van der Waals surface area contributed by atoms with Gasteiger partial charge in [-0.1, -0.05) is 37.6 Å². The second-order valence-electron chi connectivity index (χ2n) is 8.74. The summed E-state index contributed by atoms with van der Waals surface area (Å²) in [6, 6.07) is 12.0. The lowest BCUT2D eigenvalue weighted by Crippen LogP contribution is -2.47. The van der Waals surface area contributed by atoms with E-state index in [1.807, 2.05) is 31.2 Å². The summed E-state index contributed by atoms with van der Waals surface area (Å²) in [4.78, 5) is 27.7. The topological polar surface area (TPSA) is 86.8 Å². The molecule has 2 aromatic carbocycles. The minimum Gasteiger partial charge on any atom is -0.350 e. The molecule has 0 unspecified atom stereocenters. The molecule has 0 spiro atoms. The maximum atomic E-state index is 13.1. The van der Waals surface area contributed by atoms with Crippen LogP contribution in [0.2, 0.25) is 0 Å². The van der Waals surface area contributed by atoms with E-state index < -0.39 is 16.1 Å². The van der Waals surface area contributed by atoms with Gasteiger partial charge in [0.05, 0.1) is 4.90 Å². The van der Waals surface area contributed by atoms with Crippen LogP contribution in [0.1, 0.15) is 49.3 Å². The Morgan fingerprint density at radius 2 is 1.79 bits per heavy atom. The van der Waals surface area contributed by atoms with Crippen LogP contribution in [-0.4, -0.2) is 43.7 Å². The van der Waals surface area contributed by atoms with Crippen LogP contribution < -0.4 is 10.2 Å². The summed E-state index contributed by atoms with van der Waals surface area (Å²) in [7, 11) is -3.59. The second kappa shape index (κ2) is 9.65. The number of carbonyl (C=O) groups is 2. The summed E-state index contributed by atoms with van der Waals surface area (Å²) < 4.78 is 27.8. The quantitative estimate of drug-likeness (QED) is 0.704. The molecule has 8 heteroatoms. The van der Waals surface area contributed by atoms with Gasteiger partial charge < -0.3 is 5.32 Å². The summed E-state index contributed by atoms with van der Waals surface area (Å²) in [6.07, 6.45) is 3.33. The molecule has 1 atom stereocenters. The zero-order chi connectivity index (χ0) is 23.6. The molecule has 0 radical (unpaired) electrons. The Morgan fingerprint density at radius 3 is 2.48 bits per heavy atom. The smallest absolute Gasteiger partial charge is 0.243 e. The Hall–Kier alpha value is -2.71. The number of hydrogen-bond acceptors (Lipinski definition) is 4. The molecule has 0 saturated carbocycles. The molecule has 2 aliphatic rings. The summed E-state index contributed by atoms with van der Waals surface area (Å²) in [6.45, 7) is 5.19. The van der Waals surface area contributed by atoms with Crippen LogP contribution in [0.3, 0.4) is 0 Å². The van der Waals surface area contributed by atoms with Crippen molar-refractivity contribution in [2.75, 3.05) is 18.0 Å². The Labute approximate surface area is 195 Å². The Bertz CT molecular complexity index is 1160. The number of amides is 2. The molecule has 33 heavy (non-hydrogen) atoms. The van der Waals surface area contributed by atoms with E-state index in [2.05, 4.69) is 5.32 Å². The Morgan fingerprint density at radius 1 is 1.06 bits per heavy atom. The van der Waals surface area contributed by atoms with Crippen molar-refractivity contribution in [2.45, 2.75) is 63.4 Å². The molecule has 0 aromatic heterocycles. The van der Waals surface area contributed by atoms with Crippen LogP contribution in [-0.2, 0) is 32.6 Å². The van der Waals surface area contributed by atoms with Crippen molar-refractivity contribution in [3.8, 4) is 0 Å². The molecule has 2 aliphatic heterocycles. The number of anilines is 1. The van der Waals surface area contributed by atoms with E-state index in [4.69, 9.17) is 0 Å². The fraction of sp³-hybridized carbons (Fsp3) is 0.440. The standard InChI is InChI=1S/C25H31N3O4S/c1-3-24(29)28-22-12-11-21(33(31,32)27-13-7-4-8-14-27)15-20(22)16-23(28)25(30)26-17-19-10-6-5-9-18(19)2/h5-6,9-12,15,23H,3-4,7-8,13-14,16-17H2,1-2H3,(H,26,30)/t23-/m0/s1. The first-order chi connectivity index (χ1) is 15.8. The number of fused-ring (bicyclic) bond motifs is 1. The van der Waals surface area contributed by atoms with Gasteiger partial charge in [-0.3, -0.25) is 14.5 Å². The molecule has 0 bridgehead atoms.